The number of rotatable bonds is 4. The van der Waals surface area contributed by atoms with Gasteiger partial charge in [-0.3, -0.25) is 4.57 Å². The van der Waals surface area contributed by atoms with Crippen LogP contribution in [-0.2, 0) is 25.7 Å². The van der Waals surface area contributed by atoms with E-state index in [0.29, 0.717) is 41.1 Å². The second-order valence-electron chi connectivity index (χ2n) is 6.88. The molecule has 7 nitrogen and oxygen atoms in total. The van der Waals surface area contributed by atoms with Crippen molar-refractivity contribution < 1.29 is 17.9 Å². The molecule has 30 heavy (non-hydrogen) atoms. The zero-order chi connectivity index (χ0) is 21.5. The van der Waals surface area contributed by atoms with Gasteiger partial charge < -0.3 is 9.64 Å². The smallest absolute Gasteiger partial charge is 0.443 e. The van der Waals surface area contributed by atoms with Crippen molar-refractivity contribution in [1.82, 2.24) is 19.5 Å². The first-order chi connectivity index (χ1) is 14.2. The highest BCUT2D eigenvalue weighted by molar-refractivity contribution is 7.11. The Morgan fingerprint density at radius 3 is 2.70 bits per heavy atom. The molecule has 158 valence electrons. The van der Waals surface area contributed by atoms with Gasteiger partial charge in [0.2, 0.25) is 5.95 Å². The van der Waals surface area contributed by atoms with Crippen LogP contribution in [0.3, 0.4) is 0 Å². The van der Waals surface area contributed by atoms with Crippen molar-refractivity contribution >= 4 is 17.3 Å². The molecule has 0 spiro atoms. The molecule has 11 heteroatoms. The Morgan fingerprint density at radius 2 is 2.03 bits per heavy atom. The van der Waals surface area contributed by atoms with Gasteiger partial charge in [0.1, 0.15) is 11.6 Å². The number of fused-ring (bicyclic) bond motifs is 1. The molecule has 4 rings (SSSR count). The predicted octanol–water partition coefficient (Wildman–Crippen LogP) is 3.04. The molecule has 0 unspecified atom stereocenters. The summed E-state index contributed by atoms with van der Waals surface area (Å²) in [5, 5.41) is -0.940. The van der Waals surface area contributed by atoms with Crippen LogP contribution >= 0.6 is 11.3 Å². The van der Waals surface area contributed by atoms with Crippen molar-refractivity contribution in [2.75, 3.05) is 18.6 Å². The third kappa shape index (κ3) is 4.02. The number of aryl methyl sites for hydroxylation is 1. The molecule has 0 atom stereocenters. The van der Waals surface area contributed by atoms with Crippen LogP contribution < -0.4 is 15.3 Å². The van der Waals surface area contributed by atoms with Crippen molar-refractivity contribution in [2.24, 2.45) is 0 Å². The van der Waals surface area contributed by atoms with Crippen molar-refractivity contribution in [3.63, 3.8) is 0 Å². The number of hydrogen-bond acceptors (Lipinski definition) is 7. The quantitative estimate of drug-likeness (QED) is 0.625. The van der Waals surface area contributed by atoms with E-state index in [2.05, 4.69) is 15.0 Å². The minimum absolute atomic E-state index is 0.0542. The van der Waals surface area contributed by atoms with Crippen LogP contribution in [0.1, 0.15) is 26.8 Å². The summed E-state index contributed by atoms with van der Waals surface area (Å²) in [5.74, 6) is 1.50. The van der Waals surface area contributed by atoms with Gasteiger partial charge in [0.15, 0.2) is 5.01 Å². The van der Waals surface area contributed by atoms with Gasteiger partial charge in [0.05, 0.1) is 13.7 Å². The van der Waals surface area contributed by atoms with E-state index >= 15 is 0 Å². The largest absolute Gasteiger partial charge is 0.497 e. The fourth-order valence-corrected chi connectivity index (χ4v) is 4.10. The maximum atomic E-state index is 12.7. The van der Waals surface area contributed by atoms with Gasteiger partial charge >= 0.3 is 11.9 Å². The second-order valence-corrected chi connectivity index (χ2v) is 7.99. The lowest BCUT2D eigenvalue weighted by atomic mass is 10.00. The molecule has 0 fully saturated rings. The molecule has 1 aliphatic heterocycles. The average molecular weight is 437 g/mol. The summed E-state index contributed by atoms with van der Waals surface area (Å²) >= 11 is 0.508. The summed E-state index contributed by atoms with van der Waals surface area (Å²) < 4.78 is 44.7. The third-order valence-electron chi connectivity index (χ3n) is 4.90. The van der Waals surface area contributed by atoms with E-state index in [4.69, 9.17) is 4.74 Å². The number of anilines is 1. The minimum atomic E-state index is -4.50. The normalized spacial score (nSPS) is 14.0. The van der Waals surface area contributed by atoms with Gasteiger partial charge in [-0.1, -0.05) is 6.07 Å². The summed E-state index contributed by atoms with van der Waals surface area (Å²) in [5.41, 5.74) is 1.73. The van der Waals surface area contributed by atoms with E-state index < -0.39 is 16.9 Å². The SMILES string of the molecule is COc1ccc2c(c1)CCN(c1nc(C)n(Cc3cnc(C(F)(F)F)s3)c(=O)n1)C2. The zero-order valence-corrected chi connectivity index (χ0v) is 17.0. The maximum Gasteiger partial charge on any atom is 0.443 e. The minimum Gasteiger partial charge on any atom is -0.497 e. The summed E-state index contributed by atoms with van der Waals surface area (Å²) in [7, 11) is 1.62. The van der Waals surface area contributed by atoms with Crippen molar-refractivity contribution in [1.29, 1.82) is 0 Å². The highest BCUT2D eigenvalue weighted by Crippen LogP contribution is 2.32. The first-order valence-electron chi connectivity index (χ1n) is 9.12. The Bertz CT molecular complexity index is 1140. The molecule has 3 aromatic rings. The molecule has 0 N–H and O–H groups in total. The number of hydrogen-bond donors (Lipinski definition) is 0. The Kier molecular flexibility index (Phi) is 5.22. The fourth-order valence-electron chi connectivity index (χ4n) is 3.33. The Hall–Kier alpha value is -2.95. The van der Waals surface area contributed by atoms with Crippen LogP contribution in [0.25, 0.3) is 0 Å². The van der Waals surface area contributed by atoms with Crippen molar-refractivity contribution in [2.45, 2.75) is 32.6 Å². The van der Waals surface area contributed by atoms with Crippen LogP contribution in [0.2, 0.25) is 0 Å². The third-order valence-corrected chi connectivity index (χ3v) is 5.92. The highest BCUT2D eigenvalue weighted by atomic mass is 32.1. The maximum absolute atomic E-state index is 12.7. The van der Waals surface area contributed by atoms with Gasteiger partial charge in [0.25, 0.3) is 0 Å². The van der Waals surface area contributed by atoms with E-state index in [1.807, 2.05) is 23.1 Å². The standard InChI is InChI=1S/C19H18F3N5O2S/c1-11-24-17(26-6-5-12-7-14(29-2)4-3-13(12)9-26)25-18(28)27(11)10-15-8-23-16(30-15)19(20,21)22/h3-4,7-8H,5-6,9-10H2,1-2H3. The topological polar surface area (TPSA) is 73.1 Å². The van der Waals surface area contributed by atoms with Gasteiger partial charge in [-0.05, 0) is 36.6 Å². The molecule has 0 saturated carbocycles. The van der Waals surface area contributed by atoms with Crippen LogP contribution in [0.15, 0.2) is 29.2 Å². The Morgan fingerprint density at radius 1 is 1.23 bits per heavy atom. The molecule has 2 aromatic heterocycles. The van der Waals surface area contributed by atoms with Crippen LogP contribution in [-0.4, -0.2) is 33.2 Å². The Balaban J connectivity index is 1.56. The first kappa shape index (κ1) is 20.3. The number of alkyl halides is 3. The molecule has 0 aliphatic carbocycles. The average Bonchev–Trinajstić information content (AvgIpc) is 3.19. The number of thiazole rings is 1. The number of halogens is 3. The summed E-state index contributed by atoms with van der Waals surface area (Å²) in [6.07, 6.45) is -2.61. The van der Waals surface area contributed by atoms with Crippen LogP contribution in [0.5, 0.6) is 5.75 Å². The number of ether oxygens (including phenoxy) is 1. The molecule has 0 bridgehead atoms. The summed E-state index contributed by atoms with van der Waals surface area (Å²) in [6, 6.07) is 5.87. The van der Waals surface area contributed by atoms with E-state index in [0.717, 1.165) is 23.9 Å². The van der Waals surface area contributed by atoms with E-state index in [1.165, 1.54) is 10.1 Å². The lowest BCUT2D eigenvalue weighted by molar-refractivity contribution is -0.137. The number of benzene rings is 1. The lowest BCUT2D eigenvalue weighted by Gasteiger charge is -2.29. The molecule has 0 saturated heterocycles. The van der Waals surface area contributed by atoms with Crippen LogP contribution in [0.4, 0.5) is 19.1 Å². The number of methoxy groups -OCH3 is 1. The highest BCUT2D eigenvalue weighted by Gasteiger charge is 2.34. The van der Waals surface area contributed by atoms with Gasteiger partial charge in [-0.2, -0.15) is 23.1 Å². The van der Waals surface area contributed by atoms with Crippen molar-refractivity contribution in [3.8, 4) is 5.75 Å². The molecule has 1 aliphatic rings. The summed E-state index contributed by atoms with van der Waals surface area (Å²) in [6.45, 7) is 2.79. The molecular formula is C19H18F3N5O2S. The molecule has 1 aromatic carbocycles. The first-order valence-corrected chi connectivity index (χ1v) is 9.94. The second kappa shape index (κ2) is 7.71. The number of aromatic nitrogens is 4. The predicted molar refractivity (Wildman–Crippen MR) is 105 cm³/mol. The molecule has 0 radical (unpaired) electrons. The van der Waals surface area contributed by atoms with Gasteiger partial charge in [0, 0.05) is 24.2 Å². The Labute approximate surface area is 173 Å². The van der Waals surface area contributed by atoms with Gasteiger partial charge in [-0.25, -0.2) is 9.78 Å². The number of nitrogens with zero attached hydrogens (tertiary/aromatic N) is 5. The van der Waals surface area contributed by atoms with Crippen molar-refractivity contribution in [3.05, 3.63) is 61.7 Å². The van der Waals surface area contributed by atoms with E-state index in [9.17, 15) is 18.0 Å². The van der Waals surface area contributed by atoms with Crippen LogP contribution in [0, 0.1) is 6.92 Å². The zero-order valence-electron chi connectivity index (χ0n) is 16.2. The monoisotopic (exact) mass is 437 g/mol. The fraction of sp³-hybridized carbons (Fsp3) is 0.368. The molecule has 0 amide bonds. The van der Waals surface area contributed by atoms with Gasteiger partial charge in [-0.15, -0.1) is 11.3 Å². The van der Waals surface area contributed by atoms with E-state index in [1.54, 1.807) is 14.0 Å². The summed E-state index contributed by atoms with van der Waals surface area (Å²) in [4.78, 5) is 26.7. The molecular weight excluding hydrogens is 419 g/mol. The lowest BCUT2D eigenvalue weighted by Crippen LogP contribution is -2.36. The van der Waals surface area contributed by atoms with E-state index in [-0.39, 0.29) is 6.54 Å². The molecule has 3 heterocycles.